The van der Waals surface area contributed by atoms with Crippen LogP contribution in [0.2, 0.25) is 0 Å². The lowest BCUT2D eigenvalue weighted by molar-refractivity contribution is -0.138. The molecule has 1 heterocycles. The fourth-order valence-corrected chi connectivity index (χ4v) is 3.97. The average Bonchev–Trinajstić information content (AvgIpc) is 2.77. The summed E-state index contributed by atoms with van der Waals surface area (Å²) in [4.78, 5) is 14.5. The lowest BCUT2D eigenvalue weighted by Gasteiger charge is -2.29. The Morgan fingerprint density at radius 3 is 2.89 bits per heavy atom. The van der Waals surface area contributed by atoms with Crippen LogP contribution in [0.4, 0.5) is 0 Å². The number of fused-ring (bicyclic) bond motifs is 1. The first-order valence-corrected chi connectivity index (χ1v) is 7.68. The maximum Gasteiger partial charge on any atom is 0.304 e. The van der Waals surface area contributed by atoms with Gasteiger partial charge in [0.05, 0.1) is 6.42 Å². The van der Waals surface area contributed by atoms with Crippen LogP contribution in [0.3, 0.4) is 0 Å². The third-order valence-electron chi connectivity index (χ3n) is 3.65. The SMILES string of the molecule is CCN(CC1Cc2ccccc2S1)C(C)CC(=O)O. The zero-order valence-electron chi connectivity index (χ0n) is 11.5. The molecule has 0 saturated carbocycles. The van der Waals surface area contributed by atoms with E-state index >= 15 is 0 Å². The molecule has 2 atom stereocenters. The minimum Gasteiger partial charge on any atom is -0.481 e. The summed E-state index contributed by atoms with van der Waals surface area (Å²) in [7, 11) is 0. The summed E-state index contributed by atoms with van der Waals surface area (Å²) in [5.41, 5.74) is 1.43. The van der Waals surface area contributed by atoms with Gasteiger partial charge in [-0.25, -0.2) is 0 Å². The molecule has 0 radical (unpaired) electrons. The summed E-state index contributed by atoms with van der Waals surface area (Å²) >= 11 is 1.93. The van der Waals surface area contributed by atoms with Gasteiger partial charge in [-0.05, 0) is 31.5 Å². The molecule has 0 saturated heterocycles. The topological polar surface area (TPSA) is 40.5 Å². The second-order valence-electron chi connectivity index (χ2n) is 5.09. The van der Waals surface area contributed by atoms with Crippen LogP contribution in [0, 0.1) is 0 Å². The Morgan fingerprint density at radius 1 is 1.53 bits per heavy atom. The van der Waals surface area contributed by atoms with Crippen molar-refractivity contribution < 1.29 is 9.90 Å². The quantitative estimate of drug-likeness (QED) is 0.869. The average molecular weight is 279 g/mol. The van der Waals surface area contributed by atoms with E-state index in [2.05, 4.69) is 36.1 Å². The van der Waals surface area contributed by atoms with Gasteiger partial charge in [-0.1, -0.05) is 25.1 Å². The van der Waals surface area contributed by atoms with Crippen LogP contribution in [0.15, 0.2) is 29.2 Å². The van der Waals surface area contributed by atoms with Gasteiger partial charge in [0.1, 0.15) is 0 Å². The molecule has 0 amide bonds. The number of thioether (sulfide) groups is 1. The van der Waals surface area contributed by atoms with Crippen LogP contribution in [-0.2, 0) is 11.2 Å². The number of carbonyl (C=O) groups is 1. The summed E-state index contributed by atoms with van der Waals surface area (Å²) in [6.45, 7) is 5.97. The van der Waals surface area contributed by atoms with Crippen molar-refractivity contribution in [2.75, 3.05) is 13.1 Å². The number of nitrogens with zero attached hydrogens (tertiary/aromatic N) is 1. The van der Waals surface area contributed by atoms with Crippen LogP contribution in [0.25, 0.3) is 0 Å². The predicted molar refractivity (Wildman–Crippen MR) is 78.8 cm³/mol. The molecule has 2 unspecified atom stereocenters. The molecule has 3 nitrogen and oxygen atoms in total. The van der Waals surface area contributed by atoms with Crippen molar-refractivity contribution in [3.05, 3.63) is 29.8 Å². The Balaban J connectivity index is 1.92. The number of carboxylic acid groups (broad SMARTS) is 1. The molecule has 0 fully saturated rings. The van der Waals surface area contributed by atoms with Gasteiger partial charge >= 0.3 is 5.97 Å². The Morgan fingerprint density at radius 2 is 2.26 bits per heavy atom. The molecule has 104 valence electrons. The first-order valence-electron chi connectivity index (χ1n) is 6.80. The number of rotatable bonds is 6. The van der Waals surface area contributed by atoms with Gasteiger partial charge in [0.25, 0.3) is 0 Å². The Kier molecular flexibility index (Phi) is 4.88. The van der Waals surface area contributed by atoms with Crippen LogP contribution in [0.5, 0.6) is 0 Å². The van der Waals surface area contributed by atoms with E-state index in [0.717, 1.165) is 19.5 Å². The van der Waals surface area contributed by atoms with E-state index in [-0.39, 0.29) is 12.5 Å². The van der Waals surface area contributed by atoms with Crippen molar-refractivity contribution in [2.45, 2.75) is 42.9 Å². The largest absolute Gasteiger partial charge is 0.481 e. The van der Waals surface area contributed by atoms with Crippen molar-refractivity contribution in [1.82, 2.24) is 4.90 Å². The fraction of sp³-hybridized carbons (Fsp3) is 0.533. The first-order chi connectivity index (χ1) is 9.10. The molecule has 1 aliphatic rings. The molecule has 1 aliphatic heterocycles. The van der Waals surface area contributed by atoms with Crippen LogP contribution >= 0.6 is 11.8 Å². The molecule has 1 N–H and O–H groups in total. The van der Waals surface area contributed by atoms with Gasteiger partial charge in [0.15, 0.2) is 0 Å². The zero-order chi connectivity index (χ0) is 13.8. The lowest BCUT2D eigenvalue weighted by Crippen LogP contribution is -2.39. The molecule has 2 rings (SSSR count). The Hall–Kier alpha value is -1.00. The molecule has 0 bridgehead atoms. The van der Waals surface area contributed by atoms with Crippen LogP contribution < -0.4 is 0 Å². The normalized spacial score (nSPS) is 19.4. The van der Waals surface area contributed by atoms with Gasteiger partial charge < -0.3 is 5.11 Å². The van der Waals surface area contributed by atoms with Gasteiger partial charge in [0, 0.05) is 22.7 Å². The molecular weight excluding hydrogens is 258 g/mol. The van der Waals surface area contributed by atoms with Gasteiger partial charge in [-0.15, -0.1) is 11.8 Å². The molecule has 0 aliphatic carbocycles. The third kappa shape index (κ3) is 3.74. The van der Waals surface area contributed by atoms with Gasteiger partial charge in [0.2, 0.25) is 0 Å². The maximum atomic E-state index is 10.8. The summed E-state index contributed by atoms with van der Waals surface area (Å²) in [5, 5.41) is 9.45. The first kappa shape index (κ1) is 14.4. The van der Waals surface area contributed by atoms with Gasteiger partial charge in [-0.3, -0.25) is 9.69 Å². The van der Waals surface area contributed by atoms with Crippen molar-refractivity contribution >= 4 is 17.7 Å². The lowest BCUT2D eigenvalue weighted by atomic mass is 10.1. The van der Waals surface area contributed by atoms with Crippen molar-refractivity contribution in [3.8, 4) is 0 Å². The van der Waals surface area contributed by atoms with E-state index in [9.17, 15) is 4.79 Å². The van der Waals surface area contributed by atoms with Gasteiger partial charge in [-0.2, -0.15) is 0 Å². The van der Waals surface area contributed by atoms with Crippen molar-refractivity contribution in [1.29, 1.82) is 0 Å². The molecule has 1 aromatic carbocycles. The fourth-order valence-electron chi connectivity index (χ4n) is 2.62. The monoisotopic (exact) mass is 279 g/mol. The number of hydrogen-bond acceptors (Lipinski definition) is 3. The minimum atomic E-state index is -0.715. The van der Waals surface area contributed by atoms with E-state index in [1.165, 1.54) is 10.5 Å². The summed E-state index contributed by atoms with van der Waals surface area (Å²) in [6.07, 6.45) is 1.31. The molecular formula is C15H21NO2S. The van der Waals surface area contributed by atoms with Crippen molar-refractivity contribution in [3.63, 3.8) is 0 Å². The minimum absolute atomic E-state index is 0.104. The molecule has 4 heteroatoms. The van der Waals surface area contributed by atoms with Crippen molar-refractivity contribution in [2.24, 2.45) is 0 Å². The molecule has 0 spiro atoms. The molecule has 1 aromatic rings. The summed E-state index contributed by atoms with van der Waals surface area (Å²) in [6, 6.07) is 8.65. The second-order valence-corrected chi connectivity index (χ2v) is 6.43. The number of benzene rings is 1. The van der Waals surface area contributed by atoms with E-state index in [1.807, 2.05) is 18.7 Å². The second kappa shape index (κ2) is 6.44. The van der Waals surface area contributed by atoms with Crippen LogP contribution in [0.1, 0.15) is 25.8 Å². The van der Waals surface area contributed by atoms with E-state index < -0.39 is 5.97 Å². The zero-order valence-corrected chi connectivity index (χ0v) is 12.3. The standard InChI is InChI=1S/C15H21NO2S/c1-3-16(11(2)8-15(17)18)10-13-9-12-6-4-5-7-14(12)19-13/h4-7,11,13H,3,8-10H2,1-2H3,(H,17,18). The third-order valence-corrected chi connectivity index (χ3v) is 4.95. The number of carboxylic acids is 1. The van der Waals surface area contributed by atoms with E-state index in [1.54, 1.807) is 0 Å². The Labute approximate surface area is 119 Å². The van der Waals surface area contributed by atoms with Crippen LogP contribution in [-0.4, -0.2) is 40.4 Å². The molecule has 0 aromatic heterocycles. The molecule has 19 heavy (non-hydrogen) atoms. The maximum absolute atomic E-state index is 10.8. The number of aliphatic carboxylic acids is 1. The number of hydrogen-bond donors (Lipinski definition) is 1. The summed E-state index contributed by atoms with van der Waals surface area (Å²) < 4.78 is 0. The highest BCUT2D eigenvalue weighted by Crippen LogP contribution is 2.37. The summed E-state index contributed by atoms with van der Waals surface area (Å²) in [5.74, 6) is -0.715. The van der Waals surface area contributed by atoms with E-state index in [0.29, 0.717) is 5.25 Å². The predicted octanol–water partition coefficient (Wildman–Crippen LogP) is 2.89. The highest BCUT2D eigenvalue weighted by molar-refractivity contribution is 8.00. The van der Waals surface area contributed by atoms with E-state index in [4.69, 9.17) is 5.11 Å². The smallest absolute Gasteiger partial charge is 0.304 e. The highest BCUT2D eigenvalue weighted by atomic mass is 32.2. The highest BCUT2D eigenvalue weighted by Gasteiger charge is 2.25. The Bertz CT molecular complexity index is 425.